The summed E-state index contributed by atoms with van der Waals surface area (Å²) in [6.07, 6.45) is 3.94. The van der Waals surface area contributed by atoms with Gasteiger partial charge in [-0.1, -0.05) is 77.5 Å². The lowest BCUT2D eigenvalue weighted by molar-refractivity contribution is -0.139. The molecule has 9 heteroatoms. The molecule has 1 atom stereocenters. The number of allylic oxidation sites excluding steroid dienone is 1. The first-order chi connectivity index (χ1) is 20.4. The normalized spacial score (nSPS) is 15.0. The number of methoxy groups -OCH3 is 1. The first kappa shape index (κ1) is 27.8. The van der Waals surface area contributed by atoms with Crippen molar-refractivity contribution in [3.8, 4) is 5.75 Å². The van der Waals surface area contributed by atoms with Crippen molar-refractivity contribution in [3.63, 3.8) is 0 Å². The predicted molar refractivity (Wildman–Crippen MR) is 166 cm³/mol. The molecule has 0 fully saturated rings. The number of hydrogen-bond acceptors (Lipinski definition) is 6. The Morgan fingerprint density at radius 1 is 1.07 bits per heavy atom. The van der Waals surface area contributed by atoms with Crippen LogP contribution in [0.25, 0.3) is 17.0 Å². The van der Waals surface area contributed by atoms with Gasteiger partial charge in [-0.25, -0.2) is 9.79 Å². The summed E-state index contributed by atoms with van der Waals surface area (Å²) in [5, 5.41) is 1.72. The number of benzene rings is 3. The molecule has 0 saturated heterocycles. The molecule has 0 amide bonds. The molecule has 3 heterocycles. The molecule has 0 radical (unpaired) electrons. The molecule has 0 spiro atoms. The maximum atomic E-state index is 14.2. The number of rotatable bonds is 7. The molecule has 1 aliphatic heterocycles. The van der Waals surface area contributed by atoms with Crippen molar-refractivity contribution >= 4 is 45.9 Å². The Balaban J connectivity index is 1.54. The smallest absolute Gasteiger partial charge is 0.338 e. The third kappa shape index (κ3) is 4.86. The number of fused-ring (bicyclic) bond motifs is 2. The highest BCUT2D eigenvalue weighted by Gasteiger charge is 2.35. The predicted octanol–water partition coefficient (Wildman–Crippen LogP) is 5.46. The van der Waals surface area contributed by atoms with Crippen LogP contribution in [0, 0.1) is 0 Å². The molecule has 6 rings (SSSR count). The Hall–Kier alpha value is -4.40. The van der Waals surface area contributed by atoms with Crippen LogP contribution in [0.2, 0.25) is 5.02 Å². The van der Waals surface area contributed by atoms with Crippen LogP contribution < -0.4 is 19.6 Å². The van der Waals surface area contributed by atoms with Gasteiger partial charge >= 0.3 is 5.97 Å². The van der Waals surface area contributed by atoms with Crippen LogP contribution >= 0.6 is 22.9 Å². The Morgan fingerprint density at radius 3 is 2.60 bits per heavy atom. The molecule has 1 unspecified atom stereocenters. The van der Waals surface area contributed by atoms with Gasteiger partial charge in [-0.05, 0) is 43.7 Å². The standard InChI is InChI=1S/C33H28ClN3O4S/c1-4-41-32(39)29-20(2)35-33-37(30(29)24-13-7-10-16-27(24)40-3)31(38)28(42-33)17-22-19-36(26-15-9-6-12-23(22)26)18-21-11-5-8-14-25(21)34/h5-17,19,30H,4,18H2,1-3H3/b28-17+. The van der Waals surface area contributed by atoms with E-state index in [1.165, 1.54) is 11.3 Å². The maximum Gasteiger partial charge on any atom is 0.338 e. The van der Waals surface area contributed by atoms with E-state index >= 15 is 0 Å². The molecule has 0 aliphatic carbocycles. The van der Waals surface area contributed by atoms with Gasteiger partial charge in [0.05, 0.1) is 29.5 Å². The topological polar surface area (TPSA) is 74.8 Å². The second-order valence-corrected chi connectivity index (χ2v) is 11.3. The molecule has 0 N–H and O–H groups in total. The molecule has 3 aromatic carbocycles. The van der Waals surface area contributed by atoms with Crippen molar-refractivity contribution in [1.29, 1.82) is 0 Å². The van der Waals surface area contributed by atoms with Crippen LogP contribution in [0.4, 0.5) is 0 Å². The molecule has 1 aliphatic rings. The first-order valence-corrected chi connectivity index (χ1v) is 14.7. The average Bonchev–Trinajstić information content (AvgIpc) is 3.49. The third-order valence-electron chi connectivity index (χ3n) is 7.36. The molecule has 0 saturated carbocycles. The van der Waals surface area contributed by atoms with Crippen molar-refractivity contribution in [2.45, 2.75) is 26.4 Å². The van der Waals surface area contributed by atoms with E-state index in [0.29, 0.717) is 43.5 Å². The van der Waals surface area contributed by atoms with Crippen LogP contribution in [0.3, 0.4) is 0 Å². The fourth-order valence-electron chi connectivity index (χ4n) is 5.45. The van der Waals surface area contributed by atoms with Crippen LogP contribution in [-0.4, -0.2) is 28.8 Å². The molecular weight excluding hydrogens is 570 g/mol. The molecule has 0 bridgehead atoms. The number of halogens is 1. The highest BCUT2D eigenvalue weighted by atomic mass is 35.5. The Morgan fingerprint density at radius 2 is 1.81 bits per heavy atom. The summed E-state index contributed by atoms with van der Waals surface area (Å²) in [6.45, 7) is 4.32. The summed E-state index contributed by atoms with van der Waals surface area (Å²) in [5.41, 5.74) is 4.20. The number of ether oxygens (including phenoxy) is 2. The van der Waals surface area contributed by atoms with Crippen LogP contribution in [0.1, 0.15) is 36.6 Å². The van der Waals surface area contributed by atoms with Gasteiger partial charge in [-0.15, -0.1) is 0 Å². The summed E-state index contributed by atoms with van der Waals surface area (Å²) in [7, 11) is 1.57. The van der Waals surface area contributed by atoms with E-state index in [2.05, 4.69) is 10.6 Å². The summed E-state index contributed by atoms with van der Waals surface area (Å²) in [4.78, 5) is 32.6. The molecule has 212 valence electrons. The monoisotopic (exact) mass is 597 g/mol. The fraction of sp³-hybridized carbons (Fsp3) is 0.182. The van der Waals surface area contributed by atoms with E-state index in [4.69, 9.17) is 26.1 Å². The quantitative estimate of drug-likeness (QED) is 0.233. The fourth-order valence-corrected chi connectivity index (χ4v) is 6.68. The zero-order chi connectivity index (χ0) is 29.4. The summed E-state index contributed by atoms with van der Waals surface area (Å²) in [5.74, 6) is 0.0581. The second kappa shape index (κ2) is 11.5. The van der Waals surface area contributed by atoms with Crippen LogP contribution in [0.5, 0.6) is 5.75 Å². The SMILES string of the molecule is CCOC(=O)C1=C(C)N=c2s/c(=C/c3cn(Cc4ccccc4Cl)c4ccccc34)c(=O)n2C1c1ccccc1OC. The van der Waals surface area contributed by atoms with E-state index < -0.39 is 12.0 Å². The van der Waals surface area contributed by atoms with E-state index in [1.807, 2.05) is 79.0 Å². The lowest BCUT2D eigenvalue weighted by atomic mass is 9.95. The Kier molecular flexibility index (Phi) is 7.58. The molecular formula is C33H28ClN3O4S. The lowest BCUT2D eigenvalue weighted by Crippen LogP contribution is -2.40. The summed E-state index contributed by atoms with van der Waals surface area (Å²) >= 11 is 7.77. The number of aromatic nitrogens is 2. The van der Waals surface area contributed by atoms with Gasteiger partial charge in [0.15, 0.2) is 4.80 Å². The van der Waals surface area contributed by atoms with Crippen LogP contribution in [-0.2, 0) is 16.1 Å². The minimum Gasteiger partial charge on any atom is -0.496 e. The lowest BCUT2D eigenvalue weighted by Gasteiger charge is -2.25. The minimum absolute atomic E-state index is 0.205. The van der Waals surface area contributed by atoms with Crippen molar-refractivity contribution in [2.75, 3.05) is 13.7 Å². The Bertz CT molecular complexity index is 2050. The molecule has 42 heavy (non-hydrogen) atoms. The number of nitrogens with zero attached hydrogens (tertiary/aromatic N) is 3. The number of hydrogen-bond donors (Lipinski definition) is 0. The third-order valence-corrected chi connectivity index (χ3v) is 8.71. The number of carbonyl (C=O) groups is 1. The minimum atomic E-state index is -0.750. The van der Waals surface area contributed by atoms with Gasteiger partial charge in [0.2, 0.25) is 0 Å². The molecule has 5 aromatic rings. The zero-order valence-corrected chi connectivity index (χ0v) is 24.9. The zero-order valence-electron chi connectivity index (χ0n) is 23.3. The van der Waals surface area contributed by atoms with Crippen molar-refractivity contribution in [1.82, 2.24) is 9.13 Å². The average molecular weight is 598 g/mol. The maximum absolute atomic E-state index is 14.2. The van der Waals surface area contributed by atoms with E-state index in [-0.39, 0.29) is 12.2 Å². The van der Waals surface area contributed by atoms with Crippen molar-refractivity contribution in [2.24, 2.45) is 4.99 Å². The highest BCUT2D eigenvalue weighted by molar-refractivity contribution is 7.07. The van der Waals surface area contributed by atoms with Crippen molar-refractivity contribution < 1.29 is 14.3 Å². The molecule has 7 nitrogen and oxygen atoms in total. The largest absolute Gasteiger partial charge is 0.496 e. The number of esters is 1. The number of para-hydroxylation sites is 2. The van der Waals surface area contributed by atoms with Gasteiger partial charge in [-0.3, -0.25) is 9.36 Å². The van der Waals surface area contributed by atoms with Gasteiger partial charge < -0.3 is 14.0 Å². The van der Waals surface area contributed by atoms with Crippen LogP contribution in [0.15, 0.2) is 100 Å². The van der Waals surface area contributed by atoms with Crippen molar-refractivity contribution in [3.05, 3.63) is 132 Å². The number of carbonyl (C=O) groups excluding carboxylic acids is 1. The number of thiazole rings is 1. The van der Waals surface area contributed by atoms with Gasteiger partial charge in [0.1, 0.15) is 11.8 Å². The van der Waals surface area contributed by atoms with Gasteiger partial charge in [-0.2, -0.15) is 0 Å². The summed E-state index contributed by atoms with van der Waals surface area (Å²) in [6, 6.07) is 22.5. The Labute approximate surface area is 251 Å². The highest BCUT2D eigenvalue weighted by Crippen LogP contribution is 2.35. The van der Waals surface area contributed by atoms with Gasteiger partial charge in [0.25, 0.3) is 5.56 Å². The van der Waals surface area contributed by atoms with E-state index in [0.717, 1.165) is 22.0 Å². The first-order valence-electron chi connectivity index (χ1n) is 13.5. The molecule has 2 aromatic heterocycles. The second-order valence-electron chi connectivity index (χ2n) is 9.87. The summed E-state index contributed by atoms with van der Waals surface area (Å²) < 4.78 is 15.3. The van der Waals surface area contributed by atoms with E-state index in [9.17, 15) is 9.59 Å². The van der Waals surface area contributed by atoms with E-state index in [1.54, 1.807) is 25.5 Å². The van der Waals surface area contributed by atoms with Gasteiger partial charge in [0, 0.05) is 39.8 Å².